The highest BCUT2D eigenvalue weighted by Gasteiger charge is 2.05. The fraction of sp³-hybridized carbons (Fsp3) is 0.455. The third-order valence-electron chi connectivity index (χ3n) is 2.17. The maximum Gasteiger partial charge on any atom is 0.0637 e. The van der Waals surface area contributed by atoms with Crippen LogP contribution in [0.1, 0.15) is 0 Å². The molecule has 1 aromatic carbocycles. The van der Waals surface area contributed by atoms with Crippen LogP contribution < -0.4 is 10.6 Å². The molecule has 4 nitrogen and oxygen atoms in total. The van der Waals surface area contributed by atoms with Crippen molar-refractivity contribution in [1.82, 2.24) is 0 Å². The van der Waals surface area contributed by atoms with Gasteiger partial charge in [-0.1, -0.05) is 6.07 Å². The first kappa shape index (κ1) is 11.8. The van der Waals surface area contributed by atoms with E-state index in [2.05, 4.69) is 0 Å². The summed E-state index contributed by atoms with van der Waals surface area (Å²) in [5, 5.41) is 8.95. The van der Waals surface area contributed by atoms with Crippen LogP contribution in [0.4, 0.5) is 11.4 Å². The Morgan fingerprint density at radius 1 is 1.40 bits per heavy atom. The summed E-state index contributed by atoms with van der Waals surface area (Å²) in [5.74, 6) is 0. The molecule has 0 radical (unpaired) electrons. The lowest BCUT2D eigenvalue weighted by Gasteiger charge is -2.23. The van der Waals surface area contributed by atoms with Crippen molar-refractivity contribution in [2.45, 2.75) is 0 Å². The fourth-order valence-electron chi connectivity index (χ4n) is 1.41. The first-order valence-corrected chi connectivity index (χ1v) is 4.98. The smallest absolute Gasteiger partial charge is 0.0637 e. The minimum atomic E-state index is 0.124. The van der Waals surface area contributed by atoms with Crippen molar-refractivity contribution >= 4 is 11.4 Å². The van der Waals surface area contributed by atoms with Crippen molar-refractivity contribution in [3.63, 3.8) is 0 Å². The van der Waals surface area contributed by atoms with E-state index in [1.807, 2.05) is 29.2 Å². The number of nitrogens with zero attached hydrogens (tertiary/aromatic N) is 1. The van der Waals surface area contributed by atoms with Gasteiger partial charge < -0.3 is 20.5 Å². The van der Waals surface area contributed by atoms with E-state index in [4.69, 9.17) is 15.6 Å². The highest BCUT2D eigenvalue weighted by atomic mass is 16.5. The van der Waals surface area contributed by atoms with Gasteiger partial charge in [-0.15, -0.1) is 0 Å². The van der Waals surface area contributed by atoms with E-state index >= 15 is 0 Å². The number of anilines is 2. The minimum absolute atomic E-state index is 0.124. The molecular formula is C11H18N2O2. The Bertz CT molecular complexity index is 292. The molecule has 1 rings (SSSR count). The fourth-order valence-corrected chi connectivity index (χ4v) is 1.41. The lowest BCUT2D eigenvalue weighted by atomic mass is 10.2. The molecule has 0 aliphatic carbocycles. The zero-order chi connectivity index (χ0) is 11.1. The molecule has 0 aliphatic rings. The van der Waals surface area contributed by atoms with Gasteiger partial charge in [0.1, 0.15) is 0 Å². The number of aliphatic hydroxyl groups excluding tert-OH is 1. The zero-order valence-corrected chi connectivity index (χ0v) is 9.02. The Kier molecular flexibility index (Phi) is 4.93. The predicted molar refractivity (Wildman–Crippen MR) is 62.0 cm³/mol. The molecule has 3 N–H and O–H groups in total. The molecule has 15 heavy (non-hydrogen) atoms. The third kappa shape index (κ3) is 3.77. The van der Waals surface area contributed by atoms with E-state index in [0.29, 0.717) is 13.2 Å². The molecular weight excluding hydrogens is 192 g/mol. The Morgan fingerprint density at radius 3 is 2.80 bits per heavy atom. The first-order valence-electron chi connectivity index (χ1n) is 4.98. The summed E-state index contributed by atoms with van der Waals surface area (Å²) in [6.45, 7) is 2.10. The van der Waals surface area contributed by atoms with Crippen LogP contribution in [0.2, 0.25) is 0 Å². The third-order valence-corrected chi connectivity index (χ3v) is 2.17. The summed E-state index contributed by atoms with van der Waals surface area (Å²) in [6, 6.07) is 7.62. The van der Waals surface area contributed by atoms with Gasteiger partial charge in [0.25, 0.3) is 0 Å². The molecule has 0 amide bonds. The van der Waals surface area contributed by atoms with Crippen LogP contribution in [-0.2, 0) is 4.74 Å². The number of aliphatic hydroxyl groups is 1. The van der Waals surface area contributed by atoms with Gasteiger partial charge in [-0.2, -0.15) is 0 Å². The van der Waals surface area contributed by atoms with Gasteiger partial charge in [-0.25, -0.2) is 0 Å². The number of methoxy groups -OCH3 is 1. The zero-order valence-electron chi connectivity index (χ0n) is 9.02. The number of hydrogen-bond donors (Lipinski definition) is 2. The average Bonchev–Trinajstić information content (AvgIpc) is 2.24. The predicted octanol–water partition coefficient (Wildman–Crippen LogP) is 0.714. The van der Waals surface area contributed by atoms with Crippen LogP contribution >= 0.6 is 0 Å². The van der Waals surface area contributed by atoms with Crippen LogP contribution in [-0.4, -0.2) is 38.5 Å². The minimum Gasteiger partial charge on any atom is -0.399 e. The second-order valence-corrected chi connectivity index (χ2v) is 3.30. The highest BCUT2D eigenvalue weighted by molar-refractivity contribution is 5.55. The summed E-state index contributed by atoms with van der Waals surface area (Å²) in [5.41, 5.74) is 7.45. The maximum absolute atomic E-state index is 8.95. The second kappa shape index (κ2) is 6.27. The number of benzene rings is 1. The molecule has 0 aliphatic heterocycles. The quantitative estimate of drug-likeness (QED) is 0.679. The number of rotatable bonds is 6. The first-order chi connectivity index (χ1) is 7.27. The normalized spacial score (nSPS) is 10.3. The van der Waals surface area contributed by atoms with Gasteiger partial charge in [0.2, 0.25) is 0 Å². The molecule has 0 heterocycles. The van der Waals surface area contributed by atoms with E-state index in [1.165, 1.54) is 0 Å². The van der Waals surface area contributed by atoms with Gasteiger partial charge in [0.05, 0.1) is 13.2 Å². The molecule has 0 unspecified atom stereocenters. The van der Waals surface area contributed by atoms with Crippen LogP contribution in [0.25, 0.3) is 0 Å². The maximum atomic E-state index is 8.95. The summed E-state index contributed by atoms with van der Waals surface area (Å²) in [7, 11) is 1.66. The van der Waals surface area contributed by atoms with Gasteiger partial charge >= 0.3 is 0 Å². The van der Waals surface area contributed by atoms with Crippen molar-refractivity contribution < 1.29 is 9.84 Å². The molecule has 84 valence electrons. The molecule has 4 heteroatoms. The number of hydrogen-bond acceptors (Lipinski definition) is 4. The van der Waals surface area contributed by atoms with Gasteiger partial charge in [-0.3, -0.25) is 0 Å². The van der Waals surface area contributed by atoms with Gasteiger partial charge in [0, 0.05) is 31.6 Å². The van der Waals surface area contributed by atoms with Crippen LogP contribution in [0.15, 0.2) is 24.3 Å². The second-order valence-electron chi connectivity index (χ2n) is 3.30. The summed E-state index contributed by atoms with van der Waals surface area (Å²) < 4.78 is 5.02. The summed E-state index contributed by atoms with van der Waals surface area (Å²) in [6.07, 6.45) is 0. The van der Waals surface area contributed by atoms with E-state index in [-0.39, 0.29) is 6.61 Å². The lowest BCUT2D eigenvalue weighted by molar-refractivity contribution is 0.203. The van der Waals surface area contributed by atoms with Crippen molar-refractivity contribution in [3.05, 3.63) is 24.3 Å². The number of nitrogen functional groups attached to an aromatic ring is 1. The Balaban J connectivity index is 2.69. The topological polar surface area (TPSA) is 58.7 Å². The molecule has 0 atom stereocenters. The van der Waals surface area contributed by atoms with E-state index in [1.54, 1.807) is 7.11 Å². The monoisotopic (exact) mass is 210 g/mol. The summed E-state index contributed by atoms with van der Waals surface area (Å²) >= 11 is 0. The van der Waals surface area contributed by atoms with Crippen LogP contribution in [0, 0.1) is 0 Å². The molecule has 0 bridgehead atoms. The van der Waals surface area contributed by atoms with Gasteiger partial charge in [0.15, 0.2) is 0 Å². The van der Waals surface area contributed by atoms with Crippen molar-refractivity contribution in [1.29, 1.82) is 0 Å². The van der Waals surface area contributed by atoms with E-state index in [0.717, 1.165) is 17.9 Å². The van der Waals surface area contributed by atoms with Gasteiger partial charge in [-0.05, 0) is 18.2 Å². The highest BCUT2D eigenvalue weighted by Crippen LogP contribution is 2.16. The molecule has 0 saturated heterocycles. The average molecular weight is 210 g/mol. The number of nitrogens with two attached hydrogens (primary N) is 1. The van der Waals surface area contributed by atoms with E-state index < -0.39 is 0 Å². The van der Waals surface area contributed by atoms with Crippen LogP contribution in [0.5, 0.6) is 0 Å². The Hall–Kier alpha value is -1.26. The molecule has 1 aromatic rings. The molecule has 0 aromatic heterocycles. The largest absolute Gasteiger partial charge is 0.399 e. The van der Waals surface area contributed by atoms with Crippen molar-refractivity contribution in [2.75, 3.05) is 44.0 Å². The number of ether oxygens (including phenoxy) is 1. The van der Waals surface area contributed by atoms with E-state index in [9.17, 15) is 0 Å². The Labute approximate surface area is 90.3 Å². The van der Waals surface area contributed by atoms with Crippen molar-refractivity contribution in [3.8, 4) is 0 Å². The Morgan fingerprint density at radius 2 is 2.20 bits per heavy atom. The molecule has 0 spiro atoms. The SMILES string of the molecule is COCCN(CCO)c1cccc(N)c1. The lowest BCUT2D eigenvalue weighted by Crippen LogP contribution is -2.30. The standard InChI is InChI=1S/C11H18N2O2/c1-15-8-6-13(5-7-14)11-4-2-3-10(12)9-11/h2-4,9,14H,5-8,12H2,1H3. The molecule has 0 saturated carbocycles. The van der Waals surface area contributed by atoms with Crippen LogP contribution in [0.3, 0.4) is 0 Å². The van der Waals surface area contributed by atoms with Crippen molar-refractivity contribution in [2.24, 2.45) is 0 Å². The summed E-state index contributed by atoms with van der Waals surface area (Å²) in [4.78, 5) is 2.04. The molecule has 0 fully saturated rings.